The number of carboxylic acid groups (broad SMARTS) is 1. The van der Waals surface area contributed by atoms with Crippen LogP contribution in [-0.2, 0) is 4.74 Å². The summed E-state index contributed by atoms with van der Waals surface area (Å²) in [5.41, 5.74) is 0.0785. The summed E-state index contributed by atoms with van der Waals surface area (Å²) in [6, 6.07) is 4.95. The molecule has 0 saturated heterocycles. The minimum atomic E-state index is -1.17. The molecule has 7 nitrogen and oxygen atoms in total. The summed E-state index contributed by atoms with van der Waals surface area (Å²) in [6.07, 6.45) is -0.650. The number of rotatable bonds is 2. The minimum Gasteiger partial charge on any atom is -0.476 e. The molecule has 3 N–H and O–H groups in total. The third kappa shape index (κ3) is 2.87. The molecule has 0 aliphatic carbocycles. The van der Waals surface area contributed by atoms with Crippen molar-refractivity contribution in [1.29, 1.82) is 0 Å². The van der Waals surface area contributed by atoms with E-state index in [4.69, 9.17) is 9.84 Å². The monoisotopic (exact) mass is 277 g/mol. The number of aromatic amines is 1. The largest absolute Gasteiger partial charge is 0.476 e. The second kappa shape index (κ2) is 4.84. The number of fused-ring (bicyclic) bond motifs is 1. The number of carbonyl (C=O) groups excluding carboxylic acids is 1. The Kier molecular flexibility index (Phi) is 3.35. The van der Waals surface area contributed by atoms with Gasteiger partial charge in [0.05, 0.1) is 16.6 Å². The van der Waals surface area contributed by atoms with Gasteiger partial charge in [-0.2, -0.15) is 5.10 Å². The molecule has 0 aliphatic rings. The maximum absolute atomic E-state index is 11.8. The van der Waals surface area contributed by atoms with E-state index in [1.807, 2.05) is 0 Å². The molecule has 0 saturated carbocycles. The summed E-state index contributed by atoms with van der Waals surface area (Å²) < 4.78 is 5.14. The van der Waals surface area contributed by atoms with Crippen molar-refractivity contribution in [2.75, 3.05) is 5.32 Å². The molecule has 0 unspecified atom stereocenters. The number of aromatic carboxylic acids is 1. The Hall–Kier alpha value is -2.57. The number of aromatic nitrogens is 2. The van der Waals surface area contributed by atoms with E-state index in [0.717, 1.165) is 0 Å². The molecule has 0 fully saturated rings. The second-order valence-corrected chi connectivity index (χ2v) is 5.23. The number of carbonyl (C=O) groups is 2. The van der Waals surface area contributed by atoms with E-state index in [1.165, 1.54) is 0 Å². The van der Waals surface area contributed by atoms with Gasteiger partial charge in [0.15, 0.2) is 5.69 Å². The van der Waals surface area contributed by atoms with Gasteiger partial charge in [0.2, 0.25) is 0 Å². The lowest BCUT2D eigenvalue weighted by Gasteiger charge is -2.19. The minimum absolute atomic E-state index is 0.147. The lowest BCUT2D eigenvalue weighted by molar-refractivity contribution is 0.0633. The molecule has 0 atom stereocenters. The molecule has 2 aromatic rings. The zero-order valence-corrected chi connectivity index (χ0v) is 11.4. The average molecular weight is 277 g/mol. The molecule has 0 radical (unpaired) electrons. The van der Waals surface area contributed by atoms with Gasteiger partial charge < -0.3 is 9.84 Å². The molecule has 20 heavy (non-hydrogen) atoms. The number of H-pyrrole nitrogens is 1. The first-order valence-electron chi connectivity index (χ1n) is 5.98. The summed E-state index contributed by atoms with van der Waals surface area (Å²) in [7, 11) is 0. The number of nitrogens with one attached hydrogen (secondary N) is 2. The number of benzene rings is 1. The Morgan fingerprint density at radius 2 is 2.05 bits per heavy atom. The fourth-order valence-electron chi connectivity index (χ4n) is 1.75. The van der Waals surface area contributed by atoms with Crippen LogP contribution in [0.25, 0.3) is 10.9 Å². The molecule has 2 rings (SSSR count). The highest BCUT2D eigenvalue weighted by molar-refractivity contribution is 6.09. The first-order valence-corrected chi connectivity index (χ1v) is 5.98. The molecular formula is C13H15N3O4. The number of carboxylic acids is 1. The Balaban J connectivity index is 2.37. The summed E-state index contributed by atoms with van der Waals surface area (Å²) in [5.74, 6) is -1.17. The van der Waals surface area contributed by atoms with Crippen molar-refractivity contribution in [2.24, 2.45) is 0 Å². The van der Waals surface area contributed by atoms with Crippen LogP contribution in [0.3, 0.4) is 0 Å². The van der Waals surface area contributed by atoms with Crippen LogP contribution >= 0.6 is 0 Å². The van der Waals surface area contributed by atoms with Gasteiger partial charge >= 0.3 is 12.1 Å². The molecule has 1 heterocycles. The lowest BCUT2D eigenvalue weighted by Crippen LogP contribution is -2.27. The molecule has 7 heteroatoms. The SMILES string of the molecule is CC(C)(C)OC(=O)Nc1cccc2[nH]nc(C(=O)O)c12. The van der Waals surface area contributed by atoms with Crippen LogP contribution in [0.2, 0.25) is 0 Å². The fraction of sp³-hybridized carbons (Fsp3) is 0.308. The highest BCUT2D eigenvalue weighted by Crippen LogP contribution is 2.25. The van der Waals surface area contributed by atoms with Crippen molar-refractivity contribution in [2.45, 2.75) is 26.4 Å². The van der Waals surface area contributed by atoms with Gasteiger partial charge in [0.1, 0.15) is 5.60 Å². The number of ether oxygens (including phenoxy) is 1. The summed E-state index contributed by atoms with van der Waals surface area (Å²) in [4.78, 5) is 22.9. The van der Waals surface area contributed by atoms with E-state index in [1.54, 1.807) is 39.0 Å². The molecular weight excluding hydrogens is 262 g/mol. The van der Waals surface area contributed by atoms with E-state index < -0.39 is 17.7 Å². The van der Waals surface area contributed by atoms with Crippen LogP contribution in [0, 0.1) is 0 Å². The van der Waals surface area contributed by atoms with Crippen molar-refractivity contribution in [3.05, 3.63) is 23.9 Å². The van der Waals surface area contributed by atoms with Crippen molar-refractivity contribution in [1.82, 2.24) is 10.2 Å². The predicted octanol–water partition coefficient (Wildman–Crippen LogP) is 2.61. The van der Waals surface area contributed by atoms with Crippen LogP contribution in [-0.4, -0.2) is 33.0 Å². The highest BCUT2D eigenvalue weighted by Gasteiger charge is 2.20. The Labute approximate surface area is 114 Å². The third-order valence-electron chi connectivity index (χ3n) is 2.43. The maximum Gasteiger partial charge on any atom is 0.412 e. The lowest BCUT2D eigenvalue weighted by atomic mass is 10.1. The molecule has 106 valence electrons. The number of nitrogens with zero attached hydrogens (tertiary/aromatic N) is 1. The summed E-state index contributed by atoms with van der Waals surface area (Å²) in [6.45, 7) is 5.23. The molecule has 0 spiro atoms. The summed E-state index contributed by atoms with van der Waals surface area (Å²) in [5, 5.41) is 18.3. The zero-order chi connectivity index (χ0) is 14.9. The molecule has 1 aromatic heterocycles. The topological polar surface area (TPSA) is 104 Å². The van der Waals surface area contributed by atoms with Gasteiger partial charge in [-0.25, -0.2) is 9.59 Å². The van der Waals surface area contributed by atoms with Crippen LogP contribution in [0.5, 0.6) is 0 Å². The van der Waals surface area contributed by atoms with Crippen molar-refractivity contribution < 1.29 is 19.4 Å². The Bertz CT molecular complexity index is 670. The van der Waals surface area contributed by atoms with Crippen molar-refractivity contribution in [3.8, 4) is 0 Å². The first-order chi connectivity index (χ1) is 9.28. The predicted molar refractivity (Wildman–Crippen MR) is 72.9 cm³/mol. The standard InChI is InChI=1S/C13H15N3O4/c1-13(2,3)20-12(19)14-7-5-4-6-8-9(7)10(11(17)18)16-15-8/h4-6H,1-3H3,(H,14,19)(H,15,16)(H,17,18). The normalized spacial score (nSPS) is 11.3. The fourth-order valence-corrected chi connectivity index (χ4v) is 1.75. The smallest absolute Gasteiger partial charge is 0.412 e. The molecule has 0 bridgehead atoms. The number of hydrogen-bond donors (Lipinski definition) is 3. The first kappa shape index (κ1) is 13.9. The van der Waals surface area contributed by atoms with Crippen LogP contribution in [0.4, 0.5) is 10.5 Å². The second-order valence-electron chi connectivity index (χ2n) is 5.23. The quantitative estimate of drug-likeness (QED) is 0.782. The van der Waals surface area contributed by atoms with E-state index in [0.29, 0.717) is 16.6 Å². The van der Waals surface area contributed by atoms with Crippen molar-refractivity contribution in [3.63, 3.8) is 0 Å². The van der Waals surface area contributed by atoms with Gasteiger partial charge in [-0.15, -0.1) is 0 Å². The zero-order valence-electron chi connectivity index (χ0n) is 11.4. The Morgan fingerprint density at radius 3 is 2.65 bits per heavy atom. The molecule has 1 amide bonds. The average Bonchev–Trinajstić information content (AvgIpc) is 2.71. The van der Waals surface area contributed by atoms with Gasteiger partial charge in [0, 0.05) is 0 Å². The van der Waals surface area contributed by atoms with Gasteiger partial charge in [-0.3, -0.25) is 10.4 Å². The van der Waals surface area contributed by atoms with E-state index in [-0.39, 0.29) is 5.69 Å². The van der Waals surface area contributed by atoms with Gasteiger partial charge in [-0.1, -0.05) is 6.07 Å². The van der Waals surface area contributed by atoms with Gasteiger partial charge in [0.25, 0.3) is 0 Å². The van der Waals surface area contributed by atoms with Crippen LogP contribution < -0.4 is 5.32 Å². The number of anilines is 1. The highest BCUT2D eigenvalue weighted by atomic mass is 16.6. The number of hydrogen-bond acceptors (Lipinski definition) is 4. The summed E-state index contributed by atoms with van der Waals surface area (Å²) >= 11 is 0. The number of amides is 1. The van der Waals surface area contributed by atoms with E-state index in [2.05, 4.69) is 15.5 Å². The Morgan fingerprint density at radius 1 is 1.35 bits per heavy atom. The van der Waals surface area contributed by atoms with Crippen molar-refractivity contribution >= 4 is 28.7 Å². The molecule has 0 aliphatic heterocycles. The van der Waals surface area contributed by atoms with Crippen LogP contribution in [0.15, 0.2) is 18.2 Å². The van der Waals surface area contributed by atoms with Crippen LogP contribution in [0.1, 0.15) is 31.3 Å². The third-order valence-corrected chi connectivity index (χ3v) is 2.43. The maximum atomic E-state index is 11.8. The van der Waals surface area contributed by atoms with Gasteiger partial charge in [-0.05, 0) is 32.9 Å². The van der Waals surface area contributed by atoms with E-state index in [9.17, 15) is 9.59 Å². The molecule has 1 aromatic carbocycles. The van der Waals surface area contributed by atoms with E-state index >= 15 is 0 Å².